The second-order valence-corrected chi connectivity index (χ2v) is 3.96. The van der Waals surface area contributed by atoms with E-state index in [1.54, 1.807) is 26.8 Å². The Balaban J connectivity index is 2.90. The molecule has 3 heteroatoms. The van der Waals surface area contributed by atoms with Gasteiger partial charge in [0.25, 0.3) is 0 Å². The van der Waals surface area contributed by atoms with Gasteiger partial charge in [0.1, 0.15) is 6.10 Å². The van der Waals surface area contributed by atoms with Crippen LogP contribution in [0.1, 0.15) is 27.7 Å². The van der Waals surface area contributed by atoms with Crippen LogP contribution < -0.4 is 0 Å². The fourth-order valence-electron chi connectivity index (χ4n) is 1.57. The number of esters is 1. The number of allylic oxidation sites excluding steroid dienone is 1. The smallest absolute Gasteiger partial charge is 0.303 e. The summed E-state index contributed by atoms with van der Waals surface area (Å²) in [5.74, 6) is -0.322. The molecule has 3 nitrogen and oxygen atoms in total. The molecule has 0 saturated heterocycles. The van der Waals surface area contributed by atoms with Gasteiger partial charge < -0.3 is 4.74 Å². The van der Waals surface area contributed by atoms with Crippen LogP contribution in [-0.2, 0) is 14.3 Å². The van der Waals surface area contributed by atoms with Crippen molar-refractivity contribution in [3.05, 3.63) is 11.6 Å². The molecule has 1 atom stereocenters. The van der Waals surface area contributed by atoms with Crippen molar-refractivity contribution in [3.63, 3.8) is 0 Å². The largest absolute Gasteiger partial charge is 0.457 e. The predicted molar refractivity (Wildman–Crippen MR) is 48.1 cm³/mol. The van der Waals surface area contributed by atoms with Crippen LogP contribution in [0, 0.1) is 5.41 Å². The van der Waals surface area contributed by atoms with Gasteiger partial charge in [-0.3, -0.25) is 9.59 Å². The third kappa shape index (κ3) is 1.64. The van der Waals surface area contributed by atoms with E-state index in [1.807, 2.05) is 0 Å². The van der Waals surface area contributed by atoms with Gasteiger partial charge >= 0.3 is 5.97 Å². The van der Waals surface area contributed by atoms with Crippen LogP contribution in [0.3, 0.4) is 0 Å². The minimum absolute atomic E-state index is 0.0243. The summed E-state index contributed by atoms with van der Waals surface area (Å²) in [7, 11) is 0. The molecule has 0 N–H and O–H groups in total. The summed E-state index contributed by atoms with van der Waals surface area (Å²) < 4.78 is 5.08. The highest BCUT2D eigenvalue weighted by Crippen LogP contribution is 2.36. The Kier molecular flexibility index (Phi) is 2.28. The quantitative estimate of drug-likeness (QED) is 0.577. The van der Waals surface area contributed by atoms with E-state index in [2.05, 4.69) is 0 Å². The maximum Gasteiger partial charge on any atom is 0.303 e. The Morgan fingerprint density at radius 1 is 1.54 bits per heavy atom. The van der Waals surface area contributed by atoms with E-state index in [0.29, 0.717) is 0 Å². The van der Waals surface area contributed by atoms with Crippen molar-refractivity contribution in [2.75, 3.05) is 0 Å². The number of ether oxygens (including phenoxy) is 1. The minimum Gasteiger partial charge on any atom is -0.457 e. The van der Waals surface area contributed by atoms with Crippen LogP contribution in [0.5, 0.6) is 0 Å². The average molecular weight is 182 g/mol. The fraction of sp³-hybridized carbons (Fsp3) is 0.600. The van der Waals surface area contributed by atoms with Crippen LogP contribution in [-0.4, -0.2) is 17.9 Å². The van der Waals surface area contributed by atoms with Gasteiger partial charge in [-0.1, -0.05) is 0 Å². The van der Waals surface area contributed by atoms with E-state index in [1.165, 1.54) is 6.92 Å². The molecule has 0 aromatic carbocycles. The van der Waals surface area contributed by atoms with Gasteiger partial charge in [-0.15, -0.1) is 0 Å². The van der Waals surface area contributed by atoms with Crippen molar-refractivity contribution in [1.29, 1.82) is 0 Å². The van der Waals surface area contributed by atoms with Crippen molar-refractivity contribution >= 4 is 11.8 Å². The molecule has 1 rings (SSSR count). The molecule has 0 saturated carbocycles. The number of hydrogen-bond acceptors (Lipinski definition) is 3. The lowest BCUT2D eigenvalue weighted by Crippen LogP contribution is -2.34. The van der Waals surface area contributed by atoms with E-state index in [4.69, 9.17) is 4.74 Å². The second-order valence-electron chi connectivity index (χ2n) is 3.96. The molecular weight excluding hydrogens is 168 g/mol. The summed E-state index contributed by atoms with van der Waals surface area (Å²) in [6.45, 7) is 6.73. The first-order valence-corrected chi connectivity index (χ1v) is 4.25. The molecule has 1 unspecified atom stereocenters. The van der Waals surface area contributed by atoms with Crippen LogP contribution in [0.2, 0.25) is 0 Å². The average Bonchev–Trinajstić information content (AvgIpc) is 2.13. The maximum atomic E-state index is 11.4. The SMILES string of the molecule is CC(=O)OC1C(C)=CC(=O)C1(C)C. The Hall–Kier alpha value is -1.12. The van der Waals surface area contributed by atoms with Crippen molar-refractivity contribution < 1.29 is 14.3 Å². The highest BCUT2D eigenvalue weighted by atomic mass is 16.5. The molecule has 0 fully saturated rings. The lowest BCUT2D eigenvalue weighted by Gasteiger charge is -2.26. The first kappa shape index (κ1) is 9.96. The number of hydrogen-bond donors (Lipinski definition) is 0. The molecule has 0 aromatic heterocycles. The summed E-state index contributed by atoms with van der Waals surface area (Å²) >= 11 is 0. The topological polar surface area (TPSA) is 43.4 Å². The van der Waals surface area contributed by atoms with Gasteiger partial charge in [0.15, 0.2) is 5.78 Å². The molecule has 0 aromatic rings. The molecular formula is C10H14O3. The van der Waals surface area contributed by atoms with Gasteiger partial charge in [-0.05, 0) is 32.4 Å². The van der Waals surface area contributed by atoms with Crippen molar-refractivity contribution in [2.24, 2.45) is 5.41 Å². The molecule has 13 heavy (non-hydrogen) atoms. The monoisotopic (exact) mass is 182 g/mol. The van der Waals surface area contributed by atoms with Crippen molar-refractivity contribution in [3.8, 4) is 0 Å². The molecule has 0 aliphatic heterocycles. The Bertz CT molecular complexity index is 287. The van der Waals surface area contributed by atoms with Crippen molar-refractivity contribution in [2.45, 2.75) is 33.8 Å². The summed E-state index contributed by atoms with van der Waals surface area (Å²) in [5, 5.41) is 0. The summed E-state index contributed by atoms with van der Waals surface area (Å²) in [6, 6.07) is 0. The lowest BCUT2D eigenvalue weighted by atomic mass is 9.86. The van der Waals surface area contributed by atoms with E-state index >= 15 is 0 Å². The molecule has 0 spiro atoms. The standard InChI is InChI=1S/C10H14O3/c1-6-5-8(12)10(3,4)9(6)13-7(2)11/h5,9H,1-4H3. The van der Waals surface area contributed by atoms with E-state index < -0.39 is 11.5 Å². The zero-order chi connectivity index (χ0) is 10.2. The van der Waals surface area contributed by atoms with Gasteiger partial charge in [0.2, 0.25) is 0 Å². The normalized spacial score (nSPS) is 25.7. The lowest BCUT2D eigenvalue weighted by molar-refractivity contribution is -0.150. The first-order valence-electron chi connectivity index (χ1n) is 4.25. The molecule has 1 aliphatic rings. The zero-order valence-electron chi connectivity index (χ0n) is 8.38. The molecule has 0 bridgehead atoms. The molecule has 1 aliphatic carbocycles. The maximum absolute atomic E-state index is 11.4. The third-order valence-electron chi connectivity index (χ3n) is 2.35. The Labute approximate surface area is 77.8 Å². The molecule has 0 radical (unpaired) electrons. The van der Waals surface area contributed by atoms with Gasteiger partial charge in [0.05, 0.1) is 5.41 Å². The van der Waals surface area contributed by atoms with E-state index in [9.17, 15) is 9.59 Å². The molecule has 72 valence electrons. The van der Waals surface area contributed by atoms with Crippen LogP contribution >= 0.6 is 0 Å². The Morgan fingerprint density at radius 2 is 2.08 bits per heavy atom. The minimum atomic E-state index is -0.601. The Morgan fingerprint density at radius 3 is 2.38 bits per heavy atom. The number of carbonyl (C=O) groups excluding carboxylic acids is 2. The number of carbonyl (C=O) groups is 2. The van der Waals surface area contributed by atoms with Gasteiger partial charge in [0, 0.05) is 6.92 Å². The zero-order valence-corrected chi connectivity index (χ0v) is 8.38. The third-order valence-corrected chi connectivity index (χ3v) is 2.35. The molecule has 0 heterocycles. The highest BCUT2D eigenvalue weighted by molar-refractivity contribution is 5.99. The van der Waals surface area contributed by atoms with Crippen LogP contribution in [0.25, 0.3) is 0 Å². The van der Waals surface area contributed by atoms with Gasteiger partial charge in [-0.25, -0.2) is 0 Å². The molecule has 0 amide bonds. The summed E-state index contributed by atoms with van der Waals surface area (Å²) in [6.07, 6.45) is 1.16. The second kappa shape index (κ2) is 2.98. The number of rotatable bonds is 1. The van der Waals surface area contributed by atoms with Gasteiger partial charge in [-0.2, -0.15) is 0 Å². The highest BCUT2D eigenvalue weighted by Gasteiger charge is 2.43. The van der Waals surface area contributed by atoms with Crippen LogP contribution in [0.4, 0.5) is 0 Å². The fourth-order valence-corrected chi connectivity index (χ4v) is 1.57. The van der Waals surface area contributed by atoms with Crippen molar-refractivity contribution in [1.82, 2.24) is 0 Å². The summed E-state index contributed by atoms with van der Waals surface area (Å²) in [5.41, 5.74) is 0.223. The van der Waals surface area contributed by atoms with E-state index in [0.717, 1.165) is 5.57 Å². The first-order chi connectivity index (χ1) is 5.85. The van der Waals surface area contributed by atoms with Crippen LogP contribution in [0.15, 0.2) is 11.6 Å². The van der Waals surface area contributed by atoms with E-state index in [-0.39, 0.29) is 11.8 Å². The summed E-state index contributed by atoms with van der Waals surface area (Å²) in [4.78, 5) is 22.2. The number of ketones is 1. The predicted octanol–water partition coefficient (Wildman–Crippen LogP) is 1.47.